The van der Waals surface area contributed by atoms with Crippen molar-refractivity contribution in [2.45, 2.75) is 32.8 Å². The monoisotopic (exact) mass is 672 g/mol. The van der Waals surface area contributed by atoms with Crippen LogP contribution in [0.3, 0.4) is 0 Å². The van der Waals surface area contributed by atoms with Crippen molar-refractivity contribution in [3.63, 3.8) is 0 Å². The number of hydrogen-bond donors (Lipinski definition) is 4. The molecule has 4 N–H and O–H groups in total. The maximum atomic E-state index is 12.9. The van der Waals surface area contributed by atoms with Gasteiger partial charge in [-0.05, 0) is 25.0 Å². The van der Waals surface area contributed by atoms with Crippen molar-refractivity contribution in [3.8, 4) is 0 Å². The second-order valence-electron chi connectivity index (χ2n) is 11.2. The highest BCUT2D eigenvalue weighted by molar-refractivity contribution is 6.05. The molecule has 1 aliphatic carbocycles. The number of esters is 1. The molecule has 4 rings (SSSR count). The van der Waals surface area contributed by atoms with Gasteiger partial charge in [0.15, 0.2) is 0 Å². The maximum Gasteiger partial charge on any atom is 0.328 e. The molecule has 16 heteroatoms. The number of ether oxygens (including phenoxy) is 1. The van der Waals surface area contributed by atoms with Gasteiger partial charge in [0.1, 0.15) is 11.9 Å². The molecule has 1 aromatic rings. The van der Waals surface area contributed by atoms with Crippen molar-refractivity contribution in [2.75, 3.05) is 44.2 Å². The number of aromatic nitrogens is 1. The van der Waals surface area contributed by atoms with Crippen molar-refractivity contribution in [2.24, 2.45) is 17.8 Å². The second kappa shape index (κ2) is 19.3. The first-order valence-electron chi connectivity index (χ1n) is 15.1. The summed E-state index contributed by atoms with van der Waals surface area (Å²) in [6.45, 7) is 7.43. The lowest BCUT2D eigenvalue weighted by molar-refractivity contribution is -0.158. The molecule has 3 aliphatic rings. The number of carbonyl (C=O) groups is 7. The largest absolute Gasteiger partial charge is 0.478 e. The van der Waals surface area contributed by atoms with Crippen LogP contribution in [0.25, 0.3) is 0 Å². The Morgan fingerprint density at radius 2 is 1.27 bits per heavy atom. The molecule has 16 nitrogen and oxygen atoms in total. The Labute approximate surface area is 276 Å². The van der Waals surface area contributed by atoms with Crippen molar-refractivity contribution >= 4 is 47.5 Å². The lowest BCUT2D eigenvalue weighted by Crippen LogP contribution is -2.51. The summed E-state index contributed by atoms with van der Waals surface area (Å²) in [4.78, 5) is 86.6. The van der Waals surface area contributed by atoms with Gasteiger partial charge in [-0.1, -0.05) is 32.1 Å². The van der Waals surface area contributed by atoms with Crippen LogP contribution in [0.4, 0.5) is 5.82 Å². The first kappa shape index (κ1) is 38.8. The van der Waals surface area contributed by atoms with E-state index < -0.39 is 30.0 Å². The number of allylic oxidation sites excluding steroid dienone is 2. The minimum Gasteiger partial charge on any atom is -0.478 e. The SMILES string of the molecule is CC(C)C(=O)OC(CN1CCN(c2ccccn2)CC1)CN1C(=O)[C@H]2CC=CC[C@H]2C1=O.O=C(O)/C=C\C(=O)O.O=C(O)/C=C\C(=O)O. The Morgan fingerprint density at radius 3 is 1.67 bits per heavy atom. The molecule has 1 unspecified atom stereocenters. The Hall–Kier alpha value is -5.38. The lowest BCUT2D eigenvalue weighted by atomic mass is 9.85. The number of amides is 2. The predicted octanol–water partition coefficient (Wildman–Crippen LogP) is 1.15. The summed E-state index contributed by atoms with van der Waals surface area (Å²) in [6, 6.07) is 5.88. The molecular formula is C32H40N4O12. The first-order chi connectivity index (χ1) is 22.7. The number of aliphatic carboxylic acids is 4. The average molecular weight is 673 g/mol. The van der Waals surface area contributed by atoms with E-state index >= 15 is 0 Å². The molecule has 1 aromatic heterocycles. The maximum absolute atomic E-state index is 12.9. The van der Waals surface area contributed by atoms with Gasteiger partial charge in [0.05, 0.1) is 24.3 Å². The summed E-state index contributed by atoms with van der Waals surface area (Å²) in [5.74, 6) is -5.44. The van der Waals surface area contributed by atoms with Crippen molar-refractivity contribution in [3.05, 3.63) is 60.9 Å². The highest BCUT2D eigenvalue weighted by Crippen LogP contribution is 2.35. The van der Waals surface area contributed by atoms with E-state index in [1.54, 1.807) is 20.0 Å². The van der Waals surface area contributed by atoms with Gasteiger partial charge in [0.25, 0.3) is 0 Å². The van der Waals surface area contributed by atoms with Crippen LogP contribution in [0, 0.1) is 17.8 Å². The second-order valence-corrected chi connectivity index (χ2v) is 11.2. The van der Waals surface area contributed by atoms with Crippen LogP contribution in [-0.4, -0.2) is 122 Å². The lowest BCUT2D eigenvalue weighted by Gasteiger charge is -2.37. The molecule has 3 atom stereocenters. The molecular weight excluding hydrogens is 632 g/mol. The molecule has 48 heavy (non-hydrogen) atoms. The van der Waals surface area contributed by atoms with Crippen LogP contribution in [0.2, 0.25) is 0 Å². The van der Waals surface area contributed by atoms with E-state index in [9.17, 15) is 33.6 Å². The van der Waals surface area contributed by atoms with Gasteiger partial charge < -0.3 is 30.1 Å². The molecule has 2 fully saturated rings. The number of carbonyl (C=O) groups excluding carboxylic acids is 3. The fraction of sp³-hybridized carbons (Fsp3) is 0.438. The number of imide groups is 1. The van der Waals surface area contributed by atoms with Gasteiger partial charge in [0.2, 0.25) is 11.8 Å². The van der Waals surface area contributed by atoms with Crippen molar-refractivity contribution in [1.82, 2.24) is 14.8 Å². The molecule has 0 spiro atoms. The van der Waals surface area contributed by atoms with E-state index in [4.69, 9.17) is 25.2 Å². The predicted molar refractivity (Wildman–Crippen MR) is 169 cm³/mol. The topological polar surface area (TPSA) is 232 Å². The van der Waals surface area contributed by atoms with Crippen molar-refractivity contribution in [1.29, 1.82) is 0 Å². The number of fused-ring (bicyclic) bond motifs is 1. The molecule has 2 amide bonds. The molecule has 0 aromatic carbocycles. The van der Waals surface area contributed by atoms with Crippen LogP contribution in [0.1, 0.15) is 26.7 Å². The smallest absolute Gasteiger partial charge is 0.328 e. The molecule has 2 aliphatic heterocycles. The molecule has 2 saturated heterocycles. The number of nitrogens with zero attached hydrogens (tertiary/aromatic N) is 4. The zero-order chi connectivity index (χ0) is 35.8. The molecule has 0 bridgehead atoms. The molecule has 260 valence electrons. The van der Waals surface area contributed by atoms with Gasteiger partial charge in [0, 0.05) is 63.2 Å². The quantitative estimate of drug-likeness (QED) is 0.112. The van der Waals surface area contributed by atoms with Gasteiger partial charge in [-0.3, -0.25) is 24.2 Å². The zero-order valence-corrected chi connectivity index (χ0v) is 26.6. The van der Waals surface area contributed by atoms with E-state index in [-0.39, 0.29) is 42.1 Å². The number of rotatable bonds is 11. The average Bonchev–Trinajstić information content (AvgIpc) is 3.29. The first-order valence-corrected chi connectivity index (χ1v) is 15.1. The van der Waals surface area contributed by atoms with Gasteiger partial charge in [-0.15, -0.1) is 0 Å². The van der Waals surface area contributed by atoms with Crippen LogP contribution in [0.15, 0.2) is 60.9 Å². The molecule has 0 saturated carbocycles. The minimum absolute atomic E-state index is 0.129. The van der Waals surface area contributed by atoms with E-state index in [1.807, 2.05) is 30.4 Å². The molecule has 3 heterocycles. The minimum atomic E-state index is -1.26. The Kier molecular flexibility index (Phi) is 15.6. The van der Waals surface area contributed by atoms with E-state index in [2.05, 4.69) is 14.8 Å². The number of piperazine rings is 1. The molecule has 0 radical (unpaired) electrons. The third-order valence-electron chi connectivity index (χ3n) is 7.28. The number of pyridine rings is 1. The van der Waals surface area contributed by atoms with Crippen LogP contribution in [-0.2, 0) is 38.3 Å². The third-order valence-corrected chi connectivity index (χ3v) is 7.28. The highest BCUT2D eigenvalue weighted by Gasteiger charge is 2.48. The number of carboxylic acids is 4. The van der Waals surface area contributed by atoms with Crippen LogP contribution < -0.4 is 4.90 Å². The summed E-state index contributed by atoms with van der Waals surface area (Å²) >= 11 is 0. The fourth-order valence-electron chi connectivity index (χ4n) is 4.96. The van der Waals surface area contributed by atoms with E-state index in [0.717, 1.165) is 32.0 Å². The van der Waals surface area contributed by atoms with E-state index in [1.165, 1.54) is 4.90 Å². The summed E-state index contributed by atoms with van der Waals surface area (Å²) in [6.07, 6.45) is 8.66. The fourth-order valence-corrected chi connectivity index (χ4v) is 4.96. The number of likely N-dealkylation sites (tertiary alicyclic amines) is 1. The summed E-state index contributed by atoms with van der Waals surface area (Å²) in [5.41, 5.74) is 0. The number of hydrogen-bond acceptors (Lipinski definition) is 11. The Bertz CT molecular complexity index is 1310. The summed E-state index contributed by atoms with van der Waals surface area (Å²) in [7, 11) is 0. The summed E-state index contributed by atoms with van der Waals surface area (Å²) < 4.78 is 5.77. The normalized spacial score (nSPS) is 19.6. The number of carboxylic acid groups (broad SMARTS) is 4. The third kappa shape index (κ3) is 13.2. The van der Waals surface area contributed by atoms with E-state index in [0.29, 0.717) is 43.7 Å². The van der Waals surface area contributed by atoms with Crippen LogP contribution in [0.5, 0.6) is 0 Å². The highest BCUT2D eigenvalue weighted by atomic mass is 16.5. The standard InChI is InChI=1S/C24H32N4O4.2C4H4O4/c1-17(2)24(31)32-18(16-28-22(29)19-7-3-4-8-20(19)23(28)30)15-26-11-13-27(14-12-26)21-9-5-6-10-25-21;2*5-3(6)1-2-4(7)8/h3-6,9-10,17-20H,7-8,11-16H2,1-2H3;2*1-2H,(H,5,6)(H,7,8)/b;2*2-1-/t18?,19-,20+;;. The zero-order valence-electron chi connectivity index (χ0n) is 26.6. The van der Waals surface area contributed by atoms with Crippen LogP contribution >= 0.6 is 0 Å². The van der Waals surface area contributed by atoms with Crippen molar-refractivity contribution < 1.29 is 58.7 Å². The Balaban J connectivity index is 0.000000414. The van der Waals surface area contributed by atoms with Gasteiger partial charge in [-0.2, -0.15) is 0 Å². The number of anilines is 1. The van der Waals surface area contributed by atoms with Gasteiger partial charge >= 0.3 is 29.8 Å². The summed E-state index contributed by atoms with van der Waals surface area (Å²) in [5, 5.41) is 31.2. The Morgan fingerprint density at radius 1 is 0.792 bits per heavy atom. The van der Waals surface area contributed by atoms with Gasteiger partial charge in [-0.25, -0.2) is 24.2 Å².